The van der Waals surface area contributed by atoms with Gasteiger partial charge in [0.2, 0.25) is 17.8 Å². The van der Waals surface area contributed by atoms with Crippen LogP contribution in [0.4, 0.5) is 17.7 Å². The second-order valence-electron chi connectivity index (χ2n) is 7.96. The Morgan fingerprint density at radius 2 is 2.06 bits per heavy atom. The number of anilines is 3. The first kappa shape index (κ1) is 23.3. The van der Waals surface area contributed by atoms with E-state index in [4.69, 9.17) is 15.3 Å². The normalized spacial score (nSPS) is 20.1. The van der Waals surface area contributed by atoms with Crippen molar-refractivity contribution in [3.63, 3.8) is 0 Å². The topological polar surface area (TPSA) is 165 Å². The number of carbonyl (C=O) groups excluding carboxylic acids is 1. The number of nitrogens with zero attached hydrogens (tertiary/aromatic N) is 6. The minimum Gasteiger partial charge on any atom is -0.467 e. The van der Waals surface area contributed by atoms with Crippen LogP contribution in [0, 0.1) is 5.92 Å². The predicted molar refractivity (Wildman–Crippen MR) is 124 cm³/mol. The maximum Gasteiger partial charge on any atom is 0.322 e. The Balaban J connectivity index is 1.56. The molecular formula is C21H28N10O3. The van der Waals surface area contributed by atoms with Gasteiger partial charge in [0.1, 0.15) is 6.04 Å². The van der Waals surface area contributed by atoms with Crippen LogP contribution in [0.15, 0.2) is 42.6 Å². The molecule has 1 aliphatic carbocycles. The molecule has 34 heavy (non-hydrogen) atoms. The van der Waals surface area contributed by atoms with Crippen molar-refractivity contribution in [2.24, 2.45) is 11.8 Å². The third kappa shape index (κ3) is 5.55. The first-order chi connectivity index (χ1) is 16.5. The summed E-state index contributed by atoms with van der Waals surface area (Å²) in [5.41, 5.74) is 4.15. The highest BCUT2D eigenvalue weighted by Crippen LogP contribution is 2.35. The summed E-state index contributed by atoms with van der Waals surface area (Å²) in [6.07, 6.45) is 8.76. The Morgan fingerprint density at radius 3 is 2.71 bits per heavy atom. The van der Waals surface area contributed by atoms with E-state index in [1.54, 1.807) is 12.0 Å². The van der Waals surface area contributed by atoms with Gasteiger partial charge < -0.3 is 30.4 Å². The summed E-state index contributed by atoms with van der Waals surface area (Å²) < 4.78 is 10.8. The summed E-state index contributed by atoms with van der Waals surface area (Å²) in [5.74, 6) is 6.61. The standard InChI is InChI=1S/C21H28N10O3/c1-12(8-15(30-22)13-4-5-13)25-19-27-20(29-21(28-19)34-3)31-11-14(33-2)9-16(31)18(32)26-17-10-23-6-7-24-17/h6-8,10,13-14,16,30H,1,4-5,9,11,22H2,2-3H3,(H,24,26,32)(H,25,27,28,29)/b15-8-/t14-,16-/m0/s1. The van der Waals surface area contributed by atoms with Crippen molar-refractivity contribution < 1.29 is 14.3 Å². The number of methoxy groups -OCH3 is 2. The lowest BCUT2D eigenvalue weighted by molar-refractivity contribution is -0.117. The molecule has 0 unspecified atom stereocenters. The second-order valence-corrected chi connectivity index (χ2v) is 7.96. The third-order valence-corrected chi connectivity index (χ3v) is 5.54. The van der Waals surface area contributed by atoms with Crippen molar-refractivity contribution in [3.8, 4) is 6.01 Å². The summed E-state index contributed by atoms with van der Waals surface area (Å²) in [4.78, 5) is 36.0. The molecule has 2 atom stereocenters. The van der Waals surface area contributed by atoms with E-state index in [9.17, 15) is 4.79 Å². The molecule has 0 bridgehead atoms. The molecule has 2 aliphatic rings. The van der Waals surface area contributed by atoms with Crippen LogP contribution in [0.1, 0.15) is 19.3 Å². The van der Waals surface area contributed by atoms with Crippen molar-refractivity contribution in [2.45, 2.75) is 31.4 Å². The van der Waals surface area contributed by atoms with E-state index in [-0.39, 0.29) is 29.9 Å². The predicted octanol–water partition coefficient (Wildman–Crippen LogP) is 0.585. The van der Waals surface area contributed by atoms with Gasteiger partial charge in [0.05, 0.1) is 19.4 Å². The Hall–Kier alpha value is -3.84. The van der Waals surface area contributed by atoms with Gasteiger partial charge in [-0.15, -0.1) is 0 Å². The highest BCUT2D eigenvalue weighted by molar-refractivity contribution is 5.96. The number of rotatable bonds is 10. The van der Waals surface area contributed by atoms with Crippen LogP contribution >= 0.6 is 0 Å². The quantitative estimate of drug-likeness (QED) is 0.218. The van der Waals surface area contributed by atoms with Crippen molar-refractivity contribution >= 4 is 23.6 Å². The maximum absolute atomic E-state index is 13.1. The summed E-state index contributed by atoms with van der Waals surface area (Å²) >= 11 is 0. The number of ether oxygens (including phenoxy) is 2. The molecule has 1 aliphatic heterocycles. The molecule has 3 heterocycles. The van der Waals surface area contributed by atoms with Crippen LogP contribution in [-0.2, 0) is 9.53 Å². The molecule has 0 radical (unpaired) electrons. The van der Waals surface area contributed by atoms with Gasteiger partial charge in [-0.25, -0.2) is 4.98 Å². The molecule has 5 N–H and O–H groups in total. The lowest BCUT2D eigenvalue weighted by Crippen LogP contribution is -2.41. The minimum atomic E-state index is -0.599. The van der Waals surface area contributed by atoms with Gasteiger partial charge in [-0.3, -0.25) is 15.6 Å². The van der Waals surface area contributed by atoms with Crippen molar-refractivity contribution in [1.82, 2.24) is 30.3 Å². The van der Waals surface area contributed by atoms with Gasteiger partial charge >= 0.3 is 6.01 Å². The molecule has 1 amide bonds. The van der Waals surface area contributed by atoms with Gasteiger partial charge in [-0.2, -0.15) is 15.0 Å². The van der Waals surface area contributed by atoms with E-state index in [0.717, 1.165) is 18.5 Å². The van der Waals surface area contributed by atoms with E-state index in [0.29, 0.717) is 30.4 Å². The summed E-state index contributed by atoms with van der Waals surface area (Å²) in [6, 6.07) is -0.504. The first-order valence-corrected chi connectivity index (χ1v) is 10.8. The number of nitrogens with two attached hydrogens (primary N) is 1. The molecule has 13 nitrogen and oxygen atoms in total. The number of hydrazine groups is 1. The highest BCUT2D eigenvalue weighted by atomic mass is 16.5. The fraction of sp³-hybridized carbons (Fsp3) is 0.429. The molecule has 2 fully saturated rings. The highest BCUT2D eigenvalue weighted by Gasteiger charge is 2.39. The van der Waals surface area contributed by atoms with E-state index >= 15 is 0 Å². The molecular weight excluding hydrogens is 440 g/mol. The SMILES string of the molecule is C=C(/C=C(\NN)C1CC1)Nc1nc(OC)nc(N2C[C@@H](OC)C[C@H]2C(=O)Nc2cnccn2)n1. The van der Waals surface area contributed by atoms with Crippen molar-refractivity contribution in [1.29, 1.82) is 0 Å². The number of nitrogens with one attached hydrogen (secondary N) is 3. The van der Waals surface area contributed by atoms with Gasteiger partial charge in [0.15, 0.2) is 5.82 Å². The monoisotopic (exact) mass is 468 g/mol. The number of carbonyl (C=O) groups is 1. The smallest absolute Gasteiger partial charge is 0.322 e. The molecule has 2 aromatic rings. The molecule has 1 saturated carbocycles. The zero-order valence-corrected chi connectivity index (χ0v) is 19.1. The van der Waals surface area contributed by atoms with Crippen LogP contribution in [0.25, 0.3) is 0 Å². The molecule has 4 rings (SSSR count). The van der Waals surface area contributed by atoms with Crippen LogP contribution in [0.2, 0.25) is 0 Å². The van der Waals surface area contributed by atoms with Gasteiger partial charge in [-0.05, 0) is 18.9 Å². The summed E-state index contributed by atoms with van der Waals surface area (Å²) in [6.45, 7) is 4.42. The summed E-state index contributed by atoms with van der Waals surface area (Å²) in [7, 11) is 3.06. The van der Waals surface area contributed by atoms with E-state index in [2.05, 4.69) is 47.6 Å². The minimum absolute atomic E-state index is 0.0950. The van der Waals surface area contributed by atoms with Gasteiger partial charge in [0, 0.05) is 49.8 Å². The average molecular weight is 469 g/mol. The molecule has 180 valence electrons. The summed E-state index contributed by atoms with van der Waals surface area (Å²) in [5, 5.41) is 5.83. The first-order valence-electron chi connectivity index (χ1n) is 10.8. The number of hydrogen-bond donors (Lipinski definition) is 4. The zero-order valence-electron chi connectivity index (χ0n) is 19.1. The van der Waals surface area contributed by atoms with Crippen molar-refractivity contribution in [3.05, 3.63) is 42.6 Å². The lowest BCUT2D eigenvalue weighted by Gasteiger charge is -2.23. The van der Waals surface area contributed by atoms with E-state index < -0.39 is 6.04 Å². The molecule has 0 spiro atoms. The molecule has 1 saturated heterocycles. The Kier molecular flexibility index (Phi) is 7.13. The van der Waals surface area contributed by atoms with Crippen molar-refractivity contribution in [2.75, 3.05) is 36.3 Å². The fourth-order valence-corrected chi connectivity index (χ4v) is 3.67. The van der Waals surface area contributed by atoms with E-state index in [1.165, 1.54) is 25.7 Å². The third-order valence-electron chi connectivity index (χ3n) is 5.54. The van der Waals surface area contributed by atoms with Gasteiger partial charge in [0.25, 0.3) is 0 Å². The largest absolute Gasteiger partial charge is 0.467 e. The lowest BCUT2D eigenvalue weighted by atomic mass is 10.2. The van der Waals surface area contributed by atoms with Crippen LogP contribution in [0.5, 0.6) is 6.01 Å². The fourth-order valence-electron chi connectivity index (χ4n) is 3.67. The number of hydrogen-bond acceptors (Lipinski definition) is 12. The van der Waals surface area contributed by atoms with Crippen LogP contribution < -0.4 is 31.5 Å². The molecule has 13 heteroatoms. The Bertz CT molecular complexity index is 1060. The number of aromatic nitrogens is 5. The number of allylic oxidation sites excluding steroid dienone is 2. The average Bonchev–Trinajstić information content (AvgIpc) is 3.60. The van der Waals surface area contributed by atoms with Crippen LogP contribution in [0.3, 0.4) is 0 Å². The number of amides is 1. The zero-order chi connectivity index (χ0) is 24.1. The Morgan fingerprint density at radius 1 is 1.24 bits per heavy atom. The molecule has 0 aromatic carbocycles. The van der Waals surface area contributed by atoms with Gasteiger partial charge in [-0.1, -0.05) is 6.58 Å². The second kappa shape index (κ2) is 10.4. The van der Waals surface area contributed by atoms with E-state index in [1.807, 2.05) is 6.08 Å². The molecule has 2 aromatic heterocycles. The Labute approximate surface area is 196 Å². The maximum atomic E-state index is 13.1. The van der Waals surface area contributed by atoms with Crippen LogP contribution in [-0.4, -0.2) is 63.7 Å².